The van der Waals surface area contributed by atoms with E-state index in [1.165, 1.54) is 30.6 Å². The lowest BCUT2D eigenvalue weighted by atomic mass is 9.70. The first-order valence-corrected chi connectivity index (χ1v) is 20.4. The van der Waals surface area contributed by atoms with Crippen molar-refractivity contribution in [2.45, 2.75) is 204 Å². The van der Waals surface area contributed by atoms with Crippen LogP contribution in [-0.2, 0) is 19.2 Å². The van der Waals surface area contributed by atoms with Gasteiger partial charge in [0.05, 0.1) is 30.0 Å². The highest BCUT2D eigenvalue weighted by atomic mass is 16.7. The number of carbonyl (C=O) groups is 3. The smallest absolute Gasteiger partial charge is 0.421 e. The van der Waals surface area contributed by atoms with E-state index in [1.54, 1.807) is 25.2 Å². The van der Waals surface area contributed by atoms with Gasteiger partial charge < -0.3 is 15.2 Å². The molecule has 3 heterocycles. The minimum Gasteiger partial charge on any atom is -0.442 e. The van der Waals surface area contributed by atoms with Gasteiger partial charge >= 0.3 is 12.1 Å². The average Bonchev–Trinajstić information content (AvgIpc) is 3.04. The maximum absolute atomic E-state index is 14.0. The molecule has 0 aromatic heterocycles. The molecule has 5 fully saturated rings. The number of urea groups is 1. The molecule has 2 aliphatic carbocycles. The van der Waals surface area contributed by atoms with Crippen molar-refractivity contribution >= 4 is 29.4 Å². The van der Waals surface area contributed by atoms with E-state index in [9.17, 15) is 19.5 Å². The number of piperidine rings is 2. The molecule has 1 aromatic carbocycles. The van der Waals surface area contributed by atoms with Gasteiger partial charge in [0.15, 0.2) is 0 Å². The molecule has 2 N–H and O–H groups in total. The number of ether oxygens (including phenoxy) is 1. The lowest BCUT2D eigenvalue weighted by molar-refractivity contribution is -0.329. The van der Waals surface area contributed by atoms with Gasteiger partial charge in [-0.15, -0.1) is 0 Å². The number of imide groups is 1. The molecule has 6 rings (SSSR count). The van der Waals surface area contributed by atoms with Crippen LogP contribution in [0.1, 0.15) is 157 Å². The van der Waals surface area contributed by atoms with Crippen molar-refractivity contribution in [2.24, 2.45) is 0 Å². The molecule has 0 bridgehead atoms. The fourth-order valence-electron chi connectivity index (χ4n) is 11.0. The summed E-state index contributed by atoms with van der Waals surface area (Å²) in [7, 11) is 1.63. The Morgan fingerprint density at radius 3 is 1.70 bits per heavy atom. The third-order valence-electron chi connectivity index (χ3n) is 12.4. The molecule has 12 nitrogen and oxygen atoms in total. The van der Waals surface area contributed by atoms with Crippen molar-refractivity contribution in [2.75, 3.05) is 16.8 Å². The zero-order valence-electron chi connectivity index (χ0n) is 34.7. The number of hydrogen-bond acceptors (Lipinski definition) is 9. The second-order valence-electron chi connectivity index (χ2n) is 19.7. The number of aryl methyl sites for hydroxylation is 1. The second-order valence-corrected chi connectivity index (χ2v) is 19.7. The molecule has 4 amide bonds. The van der Waals surface area contributed by atoms with Crippen molar-refractivity contribution in [3.05, 3.63) is 23.8 Å². The van der Waals surface area contributed by atoms with Gasteiger partial charge in [-0.2, -0.15) is 10.1 Å². The Labute approximate surface area is 323 Å². The van der Waals surface area contributed by atoms with Gasteiger partial charge in [0.1, 0.15) is 11.3 Å². The number of anilines is 2. The van der Waals surface area contributed by atoms with Gasteiger partial charge in [-0.3, -0.25) is 19.4 Å². The molecule has 54 heavy (non-hydrogen) atoms. The third kappa shape index (κ3) is 8.33. The first kappa shape index (κ1) is 40.9. The number of nitrogens with one attached hydrogen (secondary N) is 1. The minimum absolute atomic E-state index is 0.0441. The lowest BCUT2D eigenvalue weighted by Gasteiger charge is -2.59. The Bertz CT molecular complexity index is 1520. The van der Waals surface area contributed by atoms with E-state index in [1.807, 2.05) is 39.7 Å². The van der Waals surface area contributed by atoms with Crippen molar-refractivity contribution in [3.63, 3.8) is 0 Å². The van der Waals surface area contributed by atoms with Crippen LogP contribution in [0, 0.1) is 6.92 Å². The number of amides is 4. The fourth-order valence-corrected chi connectivity index (χ4v) is 11.0. The monoisotopic (exact) mass is 754 g/mol. The predicted octanol–water partition coefficient (Wildman–Crippen LogP) is 8.28. The highest BCUT2D eigenvalue weighted by Gasteiger charge is 2.59. The molecule has 2 saturated carbocycles. The van der Waals surface area contributed by atoms with Crippen LogP contribution < -0.4 is 15.1 Å². The van der Waals surface area contributed by atoms with Crippen molar-refractivity contribution in [3.8, 4) is 0 Å². The first-order valence-electron chi connectivity index (χ1n) is 20.4. The molecule has 0 unspecified atom stereocenters. The SMILES string of the molecule is Cc1ccc(N2C(=O)CC3(CC(C)(C)N(OC4CCCCC4)C(C)(C)C3)OC2=O)cc1N(C)C(=O)NC1(O)CC(C)(C)N(OC2CCCCC2)C(C)(C)C1. The average molecular weight is 754 g/mol. The van der Waals surface area contributed by atoms with Gasteiger partial charge in [-0.25, -0.2) is 14.5 Å². The van der Waals surface area contributed by atoms with Gasteiger partial charge in [-0.05, 0) is 106 Å². The van der Waals surface area contributed by atoms with Crippen LogP contribution in [0.2, 0.25) is 0 Å². The summed E-state index contributed by atoms with van der Waals surface area (Å²) in [6, 6.07) is 4.66. The van der Waals surface area contributed by atoms with E-state index in [4.69, 9.17) is 14.4 Å². The number of hydrogen-bond donors (Lipinski definition) is 2. The number of carbonyl (C=O) groups excluding carboxylic acids is 3. The van der Waals surface area contributed by atoms with E-state index >= 15 is 0 Å². The molecule has 3 aliphatic heterocycles. The minimum atomic E-state index is -1.50. The molecule has 0 atom stereocenters. The van der Waals surface area contributed by atoms with Gasteiger partial charge in [-0.1, -0.05) is 44.6 Å². The predicted molar refractivity (Wildman–Crippen MR) is 209 cm³/mol. The summed E-state index contributed by atoms with van der Waals surface area (Å²) in [5, 5.41) is 19.0. The summed E-state index contributed by atoms with van der Waals surface area (Å²) in [6.45, 7) is 18.4. The van der Waals surface area contributed by atoms with E-state index in [0.29, 0.717) is 24.2 Å². The molecular formula is C42H67N5O7. The maximum atomic E-state index is 14.0. The molecule has 302 valence electrons. The van der Waals surface area contributed by atoms with Crippen molar-refractivity contribution in [1.29, 1.82) is 0 Å². The van der Waals surface area contributed by atoms with Crippen LogP contribution in [0.15, 0.2) is 18.2 Å². The molecule has 3 saturated heterocycles. The van der Waals surface area contributed by atoms with Crippen LogP contribution >= 0.6 is 0 Å². The molecule has 0 radical (unpaired) electrons. The van der Waals surface area contributed by atoms with Crippen LogP contribution in [0.5, 0.6) is 0 Å². The summed E-state index contributed by atoms with van der Waals surface area (Å²) in [5.41, 5.74) is -2.98. The summed E-state index contributed by atoms with van der Waals surface area (Å²) in [4.78, 5) is 57.6. The van der Waals surface area contributed by atoms with E-state index in [-0.39, 0.29) is 37.4 Å². The zero-order chi connectivity index (χ0) is 39.5. The largest absolute Gasteiger partial charge is 0.442 e. The van der Waals surface area contributed by atoms with Crippen LogP contribution in [0.25, 0.3) is 0 Å². The highest BCUT2D eigenvalue weighted by Crippen LogP contribution is 2.50. The Kier molecular flexibility index (Phi) is 11.1. The standard InChI is InChI=1S/C42H67N5O7/c1-29-21-22-30(45-34(48)24-41(52-36(45)50)25-37(2,3)46(38(4,5)26-41)53-31-17-13-11-14-18-31)23-33(29)44(10)35(49)43-42(51)27-39(6,7)47(40(8,9)28-42)54-32-19-15-12-16-20-32/h21-23,31-32,51H,11-20,24-28H2,1-10H3,(H,43,49). The highest BCUT2D eigenvalue weighted by molar-refractivity contribution is 6.14. The summed E-state index contributed by atoms with van der Waals surface area (Å²) < 4.78 is 6.29. The number of rotatable bonds is 7. The van der Waals surface area contributed by atoms with Gasteiger partial charge in [0.25, 0.3) is 0 Å². The number of hydroxylamine groups is 4. The maximum Gasteiger partial charge on any atom is 0.421 e. The van der Waals surface area contributed by atoms with Gasteiger partial charge in [0, 0.05) is 54.9 Å². The van der Waals surface area contributed by atoms with Crippen LogP contribution in [-0.4, -0.2) is 86.0 Å². The number of benzene rings is 1. The second kappa shape index (κ2) is 14.6. The summed E-state index contributed by atoms with van der Waals surface area (Å²) in [5.74, 6) is -0.345. The molecule has 1 spiro atoms. The van der Waals surface area contributed by atoms with Gasteiger partial charge in [0.2, 0.25) is 5.91 Å². The topological polar surface area (TPSA) is 124 Å². The summed E-state index contributed by atoms with van der Waals surface area (Å²) >= 11 is 0. The Morgan fingerprint density at radius 2 is 1.24 bits per heavy atom. The Balaban J connectivity index is 1.14. The van der Waals surface area contributed by atoms with Crippen LogP contribution in [0.3, 0.4) is 0 Å². The number of aliphatic hydroxyl groups is 1. The summed E-state index contributed by atoms with van der Waals surface area (Å²) in [6.07, 6.45) is 12.4. The van der Waals surface area contributed by atoms with E-state index in [0.717, 1.165) is 49.0 Å². The van der Waals surface area contributed by atoms with E-state index < -0.39 is 45.6 Å². The Hall–Kier alpha value is -2.77. The molecule has 5 aliphatic rings. The van der Waals surface area contributed by atoms with Crippen molar-refractivity contribution in [1.82, 2.24) is 15.4 Å². The van der Waals surface area contributed by atoms with Crippen molar-refractivity contribution < 1.29 is 33.9 Å². The Morgan fingerprint density at radius 1 is 0.778 bits per heavy atom. The fraction of sp³-hybridized carbons (Fsp3) is 0.786. The third-order valence-corrected chi connectivity index (χ3v) is 12.4. The number of nitrogens with zero attached hydrogens (tertiary/aromatic N) is 4. The first-order chi connectivity index (χ1) is 25.1. The van der Waals surface area contributed by atoms with Crippen LogP contribution in [0.4, 0.5) is 21.0 Å². The lowest BCUT2D eigenvalue weighted by Crippen LogP contribution is -2.70. The zero-order valence-corrected chi connectivity index (χ0v) is 34.7. The molecule has 12 heteroatoms. The van der Waals surface area contributed by atoms with E-state index in [2.05, 4.69) is 38.1 Å². The normalized spacial score (nSPS) is 27.1. The quantitative estimate of drug-likeness (QED) is 0.265. The molecular weight excluding hydrogens is 686 g/mol. The molecule has 1 aromatic rings.